The molecule has 2 N–H and O–H groups in total. The Morgan fingerprint density at radius 3 is 2.71 bits per heavy atom. The Balaban J connectivity index is 1.68. The highest BCUT2D eigenvalue weighted by molar-refractivity contribution is 5.79. The van der Waals surface area contributed by atoms with Crippen LogP contribution < -0.4 is 10.6 Å². The normalized spacial score (nSPS) is 18.4. The molecule has 1 fully saturated rings. The Labute approximate surface area is 147 Å². The second-order valence-electron chi connectivity index (χ2n) is 7.23. The lowest BCUT2D eigenvalue weighted by atomic mass is 9.94. The Bertz CT molecular complexity index is 518. The van der Waals surface area contributed by atoms with Crippen molar-refractivity contribution in [2.45, 2.75) is 39.0 Å². The number of nitrogens with one attached hydrogen (secondary N) is 2. The predicted molar refractivity (Wildman–Crippen MR) is 104 cm³/mol. The molecule has 1 saturated heterocycles. The van der Waals surface area contributed by atoms with Crippen LogP contribution in [0.4, 0.5) is 0 Å². The summed E-state index contributed by atoms with van der Waals surface area (Å²) in [7, 11) is 4.07. The number of hydrogen-bond donors (Lipinski definition) is 2. The first-order chi connectivity index (χ1) is 11.6. The molecule has 0 radical (unpaired) electrons. The van der Waals surface area contributed by atoms with E-state index in [0.717, 1.165) is 25.0 Å². The first-order valence-electron chi connectivity index (χ1n) is 9.28. The fraction of sp³-hybridized carbons (Fsp3) is 0.650. The topological polar surface area (TPSA) is 39.7 Å². The number of nitrogens with zero attached hydrogens (tertiary/aromatic N) is 2. The van der Waals surface area contributed by atoms with Crippen LogP contribution in [0.15, 0.2) is 29.3 Å². The summed E-state index contributed by atoms with van der Waals surface area (Å²) in [6.45, 7) is 8.79. The highest BCUT2D eigenvalue weighted by atomic mass is 15.2. The maximum absolute atomic E-state index is 4.35. The van der Waals surface area contributed by atoms with Crippen molar-refractivity contribution in [2.24, 2.45) is 10.9 Å². The lowest BCUT2D eigenvalue weighted by Gasteiger charge is -2.29. The van der Waals surface area contributed by atoms with Gasteiger partial charge in [0.05, 0.1) is 0 Å². The van der Waals surface area contributed by atoms with Crippen molar-refractivity contribution in [3.63, 3.8) is 0 Å². The molecular formula is C20H34N4. The molecule has 4 nitrogen and oxygen atoms in total. The van der Waals surface area contributed by atoms with Gasteiger partial charge in [0.2, 0.25) is 0 Å². The zero-order chi connectivity index (χ0) is 17.4. The molecule has 24 heavy (non-hydrogen) atoms. The molecule has 0 saturated carbocycles. The van der Waals surface area contributed by atoms with Gasteiger partial charge in [-0.3, -0.25) is 4.99 Å². The van der Waals surface area contributed by atoms with E-state index < -0.39 is 0 Å². The van der Waals surface area contributed by atoms with Crippen LogP contribution in [0.5, 0.6) is 0 Å². The van der Waals surface area contributed by atoms with Crippen molar-refractivity contribution in [3.8, 4) is 0 Å². The summed E-state index contributed by atoms with van der Waals surface area (Å²) in [6.07, 6.45) is 3.89. The van der Waals surface area contributed by atoms with Gasteiger partial charge in [0.25, 0.3) is 0 Å². The maximum atomic E-state index is 4.35. The fourth-order valence-corrected chi connectivity index (χ4v) is 3.31. The molecule has 1 atom stereocenters. The van der Waals surface area contributed by atoms with Gasteiger partial charge in [0.1, 0.15) is 0 Å². The van der Waals surface area contributed by atoms with Crippen molar-refractivity contribution in [3.05, 3.63) is 35.4 Å². The van der Waals surface area contributed by atoms with Crippen molar-refractivity contribution >= 4 is 5.96 Å². The van der Waals surface area contributed by atoms with E-state index in [4.69, 9.17) is 0 Å². The van der Waals surface area contributed by atoms with E-state index in [1.54, 1.807) is 0 Å². The van der Waals surface area contributed by atoms with E-state index in [1.165, 1.54) is 43.5 Å². The first-order valence-corrected chi connectivity index (χ1v) is 9.28. The average Bonchev–Trinajstić information content (AvgIpc) is 2.59. The van der Waals surface area contributed by atoms with Gasteiger partial charge in [-0.05, 0) is 63.7 Å². The van der Waals surface area contributed by atoms with Crippen LogP contribution in [0.1, 0.15) is 43.2 Å². The standard InChI is InChI=1S/C20H34N4/c1-16-6-5-7-19(14-16)17(2)15-23-20(21-3)22-11-8-18-9-12-24(4)13-10-18/h5-7,14,17-18H,8-13,15H2,1-4H3,(H2,21,22,23). The maximum Gasteiger partial charge on any atom is 0.190 e. The molecule has 0 aromatic heterocycles. The van der Waals surface area contributed by atoms with Crippen LogP contribution in [0, 0.1) is 12.8 Å². The molecule has 1 aliphatic rings. The van der Waals surface area contributed by atoms with Crippen LogP contribution in [-0.4, -0.2) is 51.1 Å². The highest BCUT2D eigenvalue weighted by Crippen LogP contribution is 2.18. The van der Waals surface area contributed by atoms with Crippen LogP contribution in [0.3, 0.4) is 0 Å². The zero-order valence-corrected chi connectivity index (χ0v) is 15.8. The third-order valence-corrected chi connectivity index (χ3v) is 5.09. The van der Waals surface area contributed by atoms with Crippen LogP contribution in [-0.2, 0) is 0 Å². The lowest BCUT2D eigenvalue weighted by Crippen LogP contribution is -2.40. The first kappa shape index (κ1) is 18.8. The third-order valence-electron chi connectivity index (χ3n) is 5.09. The average molecular weight is 331 g/mol. The van der Waals surface area contributed by atoms with E-state index in [1.807, 2.05) is 7.05 Å². The molecule has 2 rings (SSSR count). The molecule has 0 bridgehead atoms. The van der Waals surface area contributed by atoms with Gasteiger partial charge >= 0.3 is 0 Å². The van der Waals surface area contributed by atoms with Crippen LogP contribution in [0.2, 0.25) is 0 Å². The van der Waals surface area contributed by atoms with Gasteiger partial charge in [-0.25, -0.2) is 0 Å². The zero-order valence-electron chi connectivity index (χ0n) is 15.8. The Morgan fingerprint density at radius 2 is 2.04 bits per heavy atom. The highest BCUT2D eigenvalue weighted by Gasteiger charge is 2.16. The Hall–Kier alpha value is -1.55. The number of aliphatic imine (C=N–C) groups is 1. The number of hydrogen-bond acceptors (Lipinski definition) is 2. The molecular weight excluding hydrogens is 296 g/mol. The number of rotatable bonds is 6. The lowest BCUT2D eigenvalue weighted by molar-refractivity contribution is 0.213. The van der Waals surface area contributed by atoms with E-state index in [-0.39, 0.29) is 0 Å². The summed E-state index contributed by atoms with van der Waals surface area (Å²) < 4.78 is 0. The molecule has 1 aromatic rings. The van der Waals surface area contributed by atoms with Crippen molar-refractivity contribution in [1.29, 1.82) is 0 Å². The van der Waals surface area contributed by atoms with Gasteiger partial charge in [-0.1, -0.05) is 36.8 Å². The number of piperidine rings is 1. The Morgan fingerprint density at radius 1 is 1.29 bits per heavy atom. The minimum Gasteiger partial charge on any atom is -0.356 e. The summed E-state index contributed by atoms with van der Waals surface area (Å²) in [5, 5.41) is 6.93. The molecule has 1 heterocycles. The summed E-state index contributed by atoms with van der Waals surface area (Å²) in [5.74, 6) is 2.25. The molecule has 0 spiro atoms. The summed E-state index contributed by atoms with van der Waals surface area (Å²) in [6, 6.07) is 8.75. The minimum absolute atomic E-state index is 0.470. The van der Waals surface area contributed by atoms with E-state index in [2.05, 4.69) is 65.7 Å². The van der Waals surface area contributed by atoms with E-state index in [0.29, 0.717) is 5.92 Å². The van der Waals surface area contributed by atoms with Gasteiger partial charge < -0.3 is 15.5 Å². The summed E-state index contributed by atoms with van der Waals surface area (Å²) in [5.41, 5.74) is 2.70. The van der Waals surface area contributed by atoms with Gasteiger partial charge in [-0.2, -0.15) is 0 Å². The van der Waals surface area contributed by atoms with Gasteiger partial charge in [0.15, 0.2) is 5.96 Å². The smallest absolute Gasteiger partial charge is 0.190 e. The van der Waals surface area contributed by atoms with Crippen molar-refractivity contribution in [2.75, 3.05) is 40.3 Å². The number of guanidine groups is 1. The predicted octanol–water partition coefficient (Wildman–Crippen LogP) is 3.00. The molecule has 0 amide bonds. The quantitative estimate of drug-likeness (QED) is 0.622. The van der Waals surface area contributed by atoms with E-state index >= 15 is 0 Å². The fourth-order valence-electron chi connectivity index (χ4n) is 3.31. The molecule has 1 unspecified atom stereocenters. The Kier molecular flexibility index (Phi) is 7.57. The summed E-state index contributed by atoms with van der Waals surface area (Å²) in [4.78, 5) is 6.78. The summed E-state index contributed by atoms with van der Waals surface area (Å²) >= 11 is 0. The molecule has 1 aliphatic heterocycles. The van der Waals surface area contributed by atoms with Crippen LogP contribution >= 0.6 is 0 Å². The van der Waals surface area contributed by atoms with Gasteiger partial charge in [0, 0.05) is 20.1 Å². The largest absolute Gasteiger partial charge is 0.356 e. The van der Waals surface area contributed by atoms with Crippen molar-refractivity contribution in [1.82, 2.24) is 15.5 Å². The molecule has 134 valence electrons. The van der Waals surface area contributed by atoms with Gasteiger partial charge in [-0.15, -0.1) is 0 Å². The molecule has 4 heteroatoms. The number of aryl methyl sites for hydroxylation is 1. The number of benzene rings is 1. The van der Waals surface area contributed by atoms with Crippen molar-refractivity contribution < 1.29 is 0 Å². The van der Waals surface area contributed by atoms with Crippen LogP contribution in [0.25, 0.3) is 0 Å². The minimum atomic E-state index is 0.470. The number of likely N-dealkylation sites (tertiary alicyclic amines) is 1. The molecule has 1 aromatic carbocycles. The second-order valence-corrected chi connectivity index (χ2v) is 7.23. The third kappa shape index (κ3) is 6.16. The second kappa shape index (κ2) is 9.67. The molecule has 0 aliphatic carbocycles. The monoisotopic (exact) mass is 330 g/mol. The van der Waals surface area contributed by atoms with E-state index in [9.17, 15) is 0 Å². The SMILES string of the molecule is CN=C(NCCC1CCN(C)CC1)NCC(C)c1cccc(C)c1.